The van der Waals surface area contributed by atoms with Crippen LogP contribution in [0.3, 0.4) is 0 Å². The Hall–Kier alpha value is -3.08. The van der Waals surface area contributed by atoms with E-state index in [0.29, 0.717) is 11.3 Å². The highest BCUT2D eigenvalue weighted by Crippen LogP contribution is 2.36. The van der Waals surface area contributed by atoms with Crippen LogP contribution in [0.1, 0.15) is 18.1 Å². The summed E-state index contributed by atoms with van der Waals surface area (Å²) in [6.07, 6.45) is 1.81. The van der Waals surface area contributed by atoms with E-state index in [1.165, 1.54) is 11.9 Å². The molecule has 0 saturated carbocycles. The quantitative estimate of drug-likeness (QED) is 0.887. The minimum Gasteiger partial charge on any atom is -0.497 e. The summed E-state index contributed by atoms with van der Waals surface area (Å²) in [5.41, 5.74) is 5.46. The molecule has 0 spiro atoms. The molecule has 2 aromatic carbocycles. The second kappa shape index (κ2) is 5.96. The standard InChI is InChI=1S/C18H16N2O3/c1-12(21)19-20-17-6-4-3-5-15(17)16(18(20)22)11-13-7-9-14(23-2)10-8-13/h3-11H,1-2H3,(H,19,21)/b16-11-. The number of benzene rings is 2. The molecule has 3 rings (SSSR count). The van der Waals surface area contributed by atoms with Crippen LogP contribution in [0.2, 0.25) is 0 Å². The van der Waals surface area contributed by atoms with Crippen LogP contribution in [0, 0.1) is 0 Å². The Morgan fingerprint density at radius 2 is 1.83 bits per heavy atom. The predicted molar refractivity (Wildman–Crippen MR) is 88.6 cm³/mol. The number of para-hydroxylation sites is 1. The summed E-state index contributed by atoms with van der Waals surface area (Å²) in [4.78, 5) is 24.0. The second-order valence-electron chi connectivity index (χ2n) is 5.16. The number of carbonyl (C=O) groups excluding carboxylic acids is 2. The zero-order valence-electron chi connectivity index (χ0n) is 12.9. The van der Waals surface area contributed by atoms with E-state index in [1.54, 1.807) is 13.2 Å². The number of amides is 2. The molecule has 0 radical (unpaired) electrons. The minimum absolute atomic E-state index is 0.253. The third-order valence-corrected chi connectivity index (χ3v) is 3.56. The third-order valence-electron chi connectivity index (χ3n) is 3.56. The van der Waals surface area contributed by atoms with Crippen molar-refractivity contribution in [3.8, 4) is 5.75 Å². The molecule has 2 aromatic rings. The molecular weight excluding hydrogens is 292 g/mol. The topological polar surface area (TPSA) is 58.6 Å². The van der Waals surface area contributed by atoms with Gasteiger partial charge in [-0.15, -0.1) is 0 Å². The number of ether oxygens (including phenoxy) is 1. The van der Waals surface area contributed by atoms with E-state index in [2.05, 4.69) is 5.43 Å². The van der Waals surface area contributed by atoms with Crippen molar-refractivity contribution in [3.63, 3.8) is 0 Å². The normalized spacial score (nSPS) is 14.8. The lowest BCUT2D eigenvalue weighted by Gasteiger charge is -2.16. The number of methoxy groups -OCH3 is 1. The third kappa shape index (κ3) is 2.81. The van der Waals surface area contributed by atoms with Gasteiger partial charge in [-0.2, -0.15) is 0 Å². The first-order valence-electron chi connectivity index (χ1n) is 7.17. The molecule has 1 heterocycles. The van der Waals surface area contributed by atoms with E-state index in [9.17, 15) is 9.59 Å². The molecule has 5 nitrogen and oxygen atoms in total. The predicted octanol–water partition coefficient (Wildman–Crippen LogP) is 2.63. The Labute approximate surface area is 134 Å². The molecule has 0 unspecified atom stereocenters. The molecular formula is C18H16N2O3. The van der Waals surface area contributed by atoms with Crippen molar-refractivity contribution in [1.82, 2.24) is 5.43 Å². The number of carbonyl (C=O) groups is 2. The number of rotatable bonds is 3. The van der Waals surface area contributed by atoms with Gasteiger partial charge < -0.3 is 4.74 Å². The van der Waals surface area contributed by atoms with Crippen molar-refractivity contribution in [1.29, 1.82) is 0 Å². The summed E-state index contributed by atoms with van der Waals surface area (Å²) < 4.78 is 5.13. The maximum atomic E-state index is 12.6. The molecule has 23 heavy (non-hydrogen) atoms. The highest BCUT2D eigenvalue weighted by molar-refractivity contribution is 6.35. The number of hydrogen-bond acceptors (Lipinski definition) is 3. The number of anilines is 1. The van der Waals surface area contributed by atoms with E-state index >= 15 is 0 Å². The maximum Gasteiger partial charge on any atom is 0.277 e. The maximum absolute atomic E-state index is 12.6. The first-order chi connectivity index (χ1) is 11.1. The molecule has 0 saturated heterocycles. The van der Waals surface area contributed by atoms with Crippen molar-refractivity contribution in [2.75, 3.05) is 12.1 Å². The van der Waals surface area contributed by atoms with Gasteiger partial charge in [0.05, 0.1) is 18.4 Å². The number of nitrogens with zero attached hydrogens (tertiary/aromatic N) is 1. The summed E-state index contributed by atoms with van der Waals surface area (Å²) in [6, 6.07) is 14.8. The number of fused-ring (bicyclic) bond motifs is 1. The molecule has 5 heteroatoms. The van der Waals surface area contributed by atoms with E-state index < -0.39 is 0 Å². The average molecular weight is 308 g/mol. The zero-order valence-corrected chi connectivity index (χ0v) is 12.9. The molecule has 0 aromatic heterocycles. The van der Waals surface area contributed by atoms with Crippen LogP contribution in [0.25, 0.3) is 11.6 Å². The molecule has 2 amide bonds. The Balaban J connectivity index is 2.03. The molecule has 0 aliphatic carbocycles. The van der Waals surface area contributed by atoms with Gasteiger partial charge in [-0.3, -0.25) is 15.0 Å². The number of hydrogen-bond donors (Lipinski definition) is 1. The lowest BCUT2D eigenvalue weighted by molar-refractivity contribution is -0.122. The smallest absolute Gasteiger partial charge is 0.277 e. The van der Waals surface area contributed by atoms with E-state index in [0.717, 1.165) is 16.9 Å². The van der Waals surface area contributed by atoms with Crippen molar-refractivity contribution in [2.24, 2.45) is 0 Å². The van der Waals surface area contributed by atoms with Gasteiger partial charge in [-0.1, -0.05) is 30.3 Å². The largest absolute Gasteiger partial charge is 0.497 e. The summed E-state index contributed by atoms with van der Waals surface area (Å²) in [5.74, 6) is 0.209. The fourth-order valence-corrected chi connectivity index (χ4v) is 2.52. The molecule has 0 fully saturated rings. The Bertz CT molecular complexity index is 794. The molecule has 1 aliphatic heterocycles. The zero-order chi connectivity index (χ0) is 16.4. The number of hydrazine groups is 1. The van der Waals surface area contributed by atoms with Gasteiger partial charge in [0.2, 0.25) is 5.91 Å². The summed E-state index contributed by atoms with van der Waals surface area (Å²) >= 11 is 0. The lowest BCUT2D eigenvalue weighted by atomic mass is 10.0. The SMILES string of the molecule is COc1ccc(/C=C2\C(=O)N(NC(C)=O)c3ccccc32)cc1. The highest BCUT2D eigenvalue weighted by atomic mass is 16.5. The van der Waals surface area contributed by atoms with Crippen LogP contribution in [-0.4, -0.2) is 18.9 Å². The van der Waals surface area contributed by atoms with Crippen LogP contribution >= 0.6 is 0 Å². The fraction of sp³-hybridized carbons (Fsp3) is 0.111. The van der Waals surface area contributed by atoms with Crippen LogP contribution in [0.5, 0.6) is 5.75 Å². The van der Waals surface area contributed by atoms with Gasteiger partial charge >= 0.3 is 0 Å². The molecule has 1 N–H and O–H groups in total. The van der Waals surface area contributed by atoms with Crippen molar-refractivity contribution in [3.05, 3.63) is 59.7 Å². The van der Waals surface area contributed by atoms with Gasteiger partial charge in [-0.05, 0) is 29.8 Å². The Morgan fingerprint density at radius 1 is 1.13 bits per heavy atom. The molecule has 0 bridgehead atoms. The van der Waals surface area contributed by atoms with Crippen molar-refractivity contribution < 1.29 is 14.3 Å². The fourth-order valence-electron chi connectivity index (χ4n) is 2.52. The average Bonchev–Trinajstić information content (AvgIpc) is 2.81. The van der Waals surface area contributed by atoms with Gasteiger partial charge in [0.25, 0.3) is 5.91 Å². The van der Waals surface area contributed by atoms with Gasteiger partial charge in [0.15, 0.2) is 0 Å². The van der Waals surface area contributed by atoms with Crippen LogP contribution in [-0.2, 0) is 9.59 Å². The highest BCUT2D eigenvalue weighted by Gasteiger charge is 2.32. The van der Waals surface area contributed by atoms with Gasteiger partial charge in [-0.25, -0.2) is 5.01 Å². The van der Waals surface area contributed by atoms with Crippen molar-refractivity contribution in [2.45, 2.75) is 6.92 Å². The van der Waals surface area contributed by atoms with Crippen LogP contribution < -0.4 is 15.2 Å². The minimum atomic E-state index is -0.293. The summed E-state index contributed by atoms with van der Waals surface area (Å²) in [7, 11) is 1.61. The van der Waals surface area contributed by atoms with E-state index in [-0.39, 0.29) is 11.8 Å². The second-order valence-corrected chi connectivity index (χ2v) is 5.16. The van der Waals surface area contributed by atoms with Crippen molar-refractivity contribution >= 4 is 29.2 Å². The first kappa shape index (κ1) is 14.8. The molecule has 116 valence electrons. The molecule has 1 aliphatic rings. The van der Waals surface area contributed by atoms with E-state index in [4.69, 9.17) is 4.74 Å². The Morgan fingerprint density at radius 3 is 2.48 bits per heavy atom. The van der Waals surface area contributed by atoms with Crippen LogP contribution in [0.4, 0.5) is 5.69 Å². The summed E-state index contributed by atoms with van der Waals surface area (Å²) in [5, 5.41) is 1.28. The van der Waals surface area contributed by atoms with E-state index in [1.807, 2.05) is 48.5 Å². The lowest BCUT2D eigenvalue weighted by Crippen LogP contribution is -2.43. The van der Waals surface area contributed by atoms with Gasteiger partial charge in [0.1, 0.15) is 5.75 Å². The Kier molecular flexibility index (Phi) is 3.85. The van der Waals surface area contributed by atoms with Crippen LogP contribution in [0.15, 0.2) is 48.5 Å². The first-order valence-corrected chi connectivity index (χ1v) is 7.17. The monoisotopic (exact) mass is 308 g/mol. The van der Waals surface area contributed by atoms with Gasteiger partial charge in [0, 0.05) is 12.5 Å². The summed E-state index contributed by atoms with van der Waals surface area (Å²) in [6.45, 7) is 1.38. The molecule has 0 atom stereocenters. The number of nitrogens with one attached hydrogen (secondary N) is 1.